The molecule has 1 aromatic heterocycles. The van der Waals surface area contributed by atoms with Crippen molar-refractivity contribution in [1.29, 1.82) is 0 Å². The van der Waals surface area contributed by atoms with E-state index in [-0.39, 0.29) is 12.2 Å². The Morgan fingerprint density at radius 3 is 3.00 bits per heavy atom. The van der Waals surface area contributed by atoms with Gasteiger partial charge in [0.2, 0.25) is 0 Å². The fourth-order valence-electron chi connectivity index (χ4n) is 1.74. The third kappa shape index (κ3) is 2.60. The van der Waals surface area contributed by atoms with Gasteiger partial charge in [-0.15, -0.1) is 0 Å². The first kappa shape index (κ1) is 12.4. The van der Waals surface area contributed by atoms with E-state index in [0.29, 0.717) is 16.6 Å². The number of aromatic nitrogens is 2. The average Bonchev–Trinajstić information content (AvgIpc) is 2.36. The molecule has 0 spiro atoms. The number of nitrogens with two attached hydrogens (primary N) is 1. The molecular formula is C12H16N4O2. The summed E-state index contributed by atoms with van der Waals surface area (Å²) in [6.45, 7) is 0.908. The largest absolute Gasteiger partial charge is 0.397 e. The molecule has 2 rings (SSSR count). The fourth-order valence-corrected chi connectivity index (χ4v) is 1.74. The van der Waals surface area contributed by atoms with Crippen LogP contribution < -0.4 is 16.6 Å². The normalized spacial score (nSPS) is 10.7. The Labute approximate surface area is 104 Å². The molecule has 18 heavy (non-hydrogen) atoms. The molecule has 0 amide bonds. The van der Waals surface area contributed by atoms with E-state index in [9.17, 15) is 4.79 Å². The van der Waals surface area contributed by atoms with E-state index in [1.165, 1.54) is 6.33 Å². The predicted molar refractivity (Wildman–Crippen MR) is 71.6 cm³/mol. The molecule has 0 aliphatic rings. The Balaban J connectivity index is 2.24. The van der Waals surface area contributed by atoms with Crippen molar-refractivity contribution in [3.8, 4) is 0 Å². The van der Waals surface area contributed by atoms with Gasteiger partial charge in [-0.05, 0) is 25.0 Å². The quantitative estimate of drug-likeness (QED) is 0.460. The summed E-state index contributed by atoms with van der Waals surface area (Å²) in [6, 6.07) is 3.38. The molecule has 0 aliphatic carbocycles. The van der Waals surface area contributed by atoms with Crippen LogP contribution in [0.5, 0.6) is 0 Å². The van der Waals surface area contributed by atoms with Crippen LogP contribution in [0.25, 0.3) is 10.9 Å². The molecule has 2 aromatic rings. The number of hydrogen-bond donors (Lipinski definition) is 4. The van der Waals surface area contributed by atoms with Crippen LogP contribution in [0.4, 0.5) is 11.4 Å². The second kappa shape index (κ2) is 5.50. The summed E-state index contributed by atoms with van der Waals surface area (Å²) < 4.78 is 0. The summed E-state index contributed by atoms with van der Waals surface area (Å²) in [5, 5.41) is 12.3. The van der Waals surface area contributed by atoms with Crippen LogP contribution in [-0.4, -0.2) is 28.2 Å². The molecule has 0 aliphatic heterocycles. The third-order valence-electron chi connectivity index (χ3n) is 2.71. The van der Waals surface area contributed by atoms with E-state index in [0.717, 1.165) is 25.1 Å². The molecule has 6 nitrogen and oxygen atoms in total. The number of anilines is 2. The van der Waals surface area contributed by atoms with Crippen molar-refractivity contribution in [3.63, 3.8) is 0 Å². The molecule has 96 valence electrons. The SMILES string of the molecule is Nc1cc2c(=O)[nH]cnc2cc1NCCCCO. The maximum atomic E-state index is 11.5. The van der Waals surface area contributed by atoms with Gasteiger partial charge in [0, 0.05) is 13.2 Å². The summed E-state index contributed by atoms with van der Waals surface area (Å²) in [5.41, 5.74) is 7.57. The van der Waals surface area contributed by atoms with E-state index in [4.69, 9.17) is 10.8 Å². The molecular weight excluding hydrogens is 232 g/mol. The molecule has 0 atom stereocenters. The number of nitrogens with zero attached hydrogens (tertiary/aromatic N) is 1. The van der Waals surface area contributed by atoms with Gasteiger partial charge < -0.3 is 21.1 Å². The number of nitrogen functional groups attached to an aromatic ring is 1. The van der Waals surface area contributed by atoms with Gasteiger partial charge in [-0.1, -0.05) is 0 Å². The Morgan fingerprint density at radius 1 is 1.39 bits per heavy atom. The highest BCUT2D eigenvalue weighted by Gasteiger charge is 2.05. The lowest BCUT2D eigenvalue weighted by atomic mass is 10.2. The van der Waals surface area contributed by atoms with Gasteiger partial charge in [0.15, 0.2) is 0 Å². The first-order valence-corrected chi connectivity index (χ1v) is 5.84. The van der Waals surface area contributed by atoms with Crippen LogP contribution in [0.15, 0.2) is 23.3 Å². The number of nitrogens with one attached hydrogen (secondary N) is 2. The second-order valence-electron chi connectivity index (χ2n) is 4.05. The molecule has 0 fully saturated rings. The Hall–Kier alpha value is -2.08. The zero-order chi connectivity index (χ0) is 13.0. The van der Waals surface area contributed by atoms with Gasteiger partial charge >= 0.3 is 0 Å². The number of aliphatic hydroxyl groups is 1. The molecule has 0 unspecified atom stereocenters. The zero-order valence-corrected chi connectivity index (χ0v) is 9.94. The number of aliphatic hydroxyl groups excluding tert-OH is 1. The van der Waals surface area contributed by atoms with Crippen molar-refractivity contribution in [3.05, 3.63) is 28.8 Å². The monoisotopic (exact) mass is 248 g/mol. The van der Waals surface area contributed by atoms with E-state index >= 15 is 0 Å². The minimum Gasteiger partial charge on any atom is -0.397 e. The summed E-state index contributed by atoms with van der Waals surface area (Å²) in [4.78, 5) is 18.1. The van der Waals surface area contributed by atoms with E-state index < -0.39 is 0 Å². The molecule has 1 aromatic carbocycles. The van der Waals surface area contributed by atoms with Gasteiger partial charge in [0.05, 0.1) is 28.6 Å². The molecule has 1 heterocycles. The predicted octanol–water partition coefficient (Wildman–Crippen LogP) is 0.690. The molecule has 6 heteroatoms. The van der Waals surface area contributed by atoms with Crippen LogP contribution in [-0.2, 0) is 0 Å². The molecule has 0 bridgehead atoms. The number of benzene rings is 1. The van der Waals surface area contributed by atoms with Crippen molar-refractivity contribution < 1.29 is 5.11 Å². The molecule has 5 N–H and O–H groups in total. The van der Waals surface area contributed by atoms with Crippen molar-refractivity contribution >= 4 is 22.3 Å². The van der Waals surface area contributed by atoms with Crippen LogP contribution >= 0.6 is 0 Å². The lowest BCUT2D eigenvalue weighted by Crippen LogP contribution is -2.09. The van der Waals surface area contributed by atoms with Crippen molar-refractivity contribution in [1.82, 2.24) is 9.97 Å². The van der Waals surface area contributed by atoms with E-state index in [2.05, 4.69) is 15.3 Å². The molecule has 0 radical (unpaired) electrons. The van der Waals surface area contributed by atoms with Crippen LogP contribution in [0.3, 0.4) is 0 Å². The van der Waals surface area contributed by atoms with Crippen molar-refractivity contribution in [2.75, 3.05) is 24.2 Å². The van der Waals surface area contributed by atoms with Gasteiger partial charge in [-0.25, -0.2) is 4.98 Å². The highest BCUT2D eigenvalue weighted by molar-refractivity contribution is 5.88. The first-order chi connectivity index (χ1) is 8.72. The minimum atomic E-state index is -0.196. The summed E-state index contributed by atoms with van der Waals surface area (Å²) in [6.07, 6.45) is 2.98. The topological polar surface area (TPSA) is 104 Å². The summed E-state index contributed by atoms with van der Waals surface area (Å²) in [5.74, 6) is 0. The Kier molecular flexibility index (Phi) is 3.78. The number of aromatic amines is 1. The standard InChI is InChI=1S/C12H16N4O2/c13-9-5-8-10(15-7-16-12(8)18)6-11(9)14-3-1-2-4-17/h5-7,14,17H,1-4,13H2,(H,15,16,18). The zero-order valence-electron chi connectivity index (χ0n) is 9.94. The molecule has 0 saturated heterocycles. The lowest BCUT2D eigenvalue weighted by Gasteiger charge is -2.09. The smallest absolute Gasteiger partial charge is 0.258 e. The highest BCUT2D eigenvalue weighted by Crippen LogP contribution is 2.22. The van der Waals surface area contributed by atoms with Crippen molar-refractivity contribution in [2.24, 2.45) is 0 Å². The van der Waals surface area contributed by atoms with Gasteiger partial charge in [-0.2, -0.15) is 0 Å². The minimum absolute atomic E-state index is 0.186. The Bertz CT molecular complexity index is 594. The average molecular weight is 248 g/mol. The van der Waals surface area contributed by atoms with Crippen LogP contribution in [0.2, 0.25) is 0 Å². The van der Waals surface area contributed by atoms with Gasteiger partial charge in [-0.3, -0.25) is 4.79 Å². The summed E-state index contributed by atoms with van der Waals surface area (Å²) in [7, 11) is 0. The number of rotatable bonds is 5. The summed E-state index contributed by atoms with van der Waals surface area (Å²) >= 11 is 0. The molecule has 0 saturated carbocycles. The number of hydrogen-bond acceptors (Lipinski definition) is 5. The highest BCUT2D eigenvalue weighted by atomic mass is 16.2. The number of H-pyrrole nitrogens is 1. The van der Waals surface area contributed by atoms with Crippen LogP contribution in [0, 0.1) is 0 Å². The Morgan fingerprint density at radius 2 is 2.22 bits per heavy atom. The maximum Gasteiger partial charge on any atom is 0.258 e. The maximum absolute atomic E-state index is 11.5. The van der Waals surface area contributed by atoms with Crippen molar-refractivity contribution in [2.45, 2.75) is 12.8 Å². The second-order valence-corrected chi connectivity index (χ2v) is 4.05. The fraction of sp³-hybridized carbons (Fsp3) is 0.333. The van der Waals surface area contributed by atoms with Gasteiger partial charge in [0.25, 0.3) is 5.56 Å². The first-order valence-electron chi connectivity index (χ1n) is 5.84. The van der Waals surface area contributed by atoms with Crippen LogP contribution in [0.1, 0.15) is 12.8 Å². The lowest BCUT2D eigenvalue weighted by molar-refractivity contribution is 0.286. The van der Waals surface area contributed by atoms with Gasteiger partial charge in [0.1, 0.15) is 0 Å². The number of unbranched alkanes of at least 4 members (excludes halogenated alkanes) is 1. The number of fused-ring (bicyclic) bond motifs is 1. The third-order valence-corrected chi connectivity index (χ3v) is 2.71. The van der Waals surface area contributed by atoms with E-state index in [1.54, 1.807) is 12.1 Å². The van der Waals surface area contributed by atoms with E-state index in [1.807, 2.05) is 0 Å².